The van der Waals surface area contributed by atoms with Crippen LogP contribution in [0.2, 0.25) is 0 Å². The first-order valence-corrected chi connectivity index (χ1v) is 8.31. The summed E-state index contributed by atoms with van der Waals surface area (Å²) in [5.74, 6) is 0.796. The summed E-state index contributed by atoms with van der Waals surface area (Å²) in [6.07, 6.45) is 8.47. The third kappa shape index (κ3) is 5.80. The largest absolute Gasteiger partial charge is 0.377 e. The van der Waals surface area contributed by atoms with Gasteiger partial charge in [0.15, 0.2) is 0 Å². The first-order valence-electron chi connectivity index (χ1n) is 8.31. The lowest BCUT2D eigenvalue weighted by atomic mass is 10.0. The molecule has 0 atom stereocenters. The van der Waals surface area contributed by atoms with E-state index in [2.05, 4.69) is 24.1 Å². The second kappa shape index (κ2) is 8.23. The van der Waals surface area contributed by atoms with Crippen LogP contribution in [0.25, 0.3) is 0 Å². The molecule has 3 nitrogen and oxygen atoms in total. The van der Waals surface area contributed by atoms with E-state index in [4.69, 9.17) is 4.74 Å². The van der Waals surface area contributed by atoms with E-state index < -0.39 is 0 Å². The standard InChI is InChI=1S/C16H32N2O/c1-14(2)13-18-10-7-15(8-11-18)17-9-12-19-16-5-3-4-6-16/h14-17H,3-13H2,1-2H3. The second-order valence-electron chi connectivity index (χ2n) is 6.70. The number of likely N-dealkylation sites (tertiary alicyclic amines) is 1. The number of hydrogen-bond donors (Lipinski definition) is 1. The summed E-state index contributed by atoms with van der Waals surface area (Å²) < 4.78 is 5.89. The summed E-state index contributed by atoms with van der Waals surface area (Å²) in [5, 5.41) is 3.67. The van der Waals surface area contributed by atoms with Gasteiger partial charge in [0.25, 0.3) is 0 Å². The van der Waals surface area contributed by atoms with E-state index in [0.29, 0.717) is 6.10 Å². The lowest BCUT2D eigenvalue weighted by Gasteiger charge is -2.33. The SMILES string of the molecule is CC(C)CN1CCC(NCCOC2CCCC2)CC1. The van der Waals surface area contributed by atoms with Crippen LogP contribution in [0.1, 0.15) is 52.4 Å². The van der Waals surface area contributed by atoms with Gasteiger partial charge < -0.3 is 15.0 Å². The lowest BCUT2D eigenvalue weighted by molar-refractivity contribution is 0.0574. The van der Waals surface area contributed by atoms with Gasteiger partial charge in [-0.05, 0) is 44.7 Å². The number of ether oxygens (including phenoxy) is 1. The van der Waals surface area contributed by atoms with E-state index in [-0.39, 0.29) is 0 Å². The third-order valence-corrected chi connectivity index (χ3v) is 4.40. The molecule has 3 heteroatoms. The molecule has 2 rings (SSSR count). The number of rotatable bonds is 7. The van der Waals surface area contributed by atoms with Crippen molar-refractivity contribution in [2.75, 3.05) is 32.8 Å². The number of piperidine rings is 1. The molecule has 2 aliphatic rings. The number of hydrogen-bond acceptors (Lipinski definition) is 3. The molecule has 0 aromatic rings. The predicted octanol–water partition coefficient (Wildman–Crippen LogP) is 2.66. The molecule has 1 saturated carbocycles. The molecule has 0 unspecified atom stereocenters. The van der Waals surface area contributed by atoms with Crippen molar-refractivity contribution in [3.8, 4) is 0 Å². The molecule has 1 N–H and O–H groups in total. The monoisotopic (exact) mass is 268 g/mol. The van der Waals surface area contributed by atoms with E-state index in [1.165, 1.54) is 58.2 Å². The quantitative estimate of drug-likeness (QED) is 0.718. The van der Waals surface area contributed by atoms with E-state index in [1.807, 2.05) is 0 Å². The zero-order chi connectivity index (χ0) is 13.5. The Labute approximate surface area is 119 Å². The molecule has 112 valence electrons. The molecule has 0 amide bonds. The lowest BCUT2D eigenvalue weighted by Crippen LogP contribution is -2.44. The minimum atomic E-state index is 0.565. The van der Waals surface area contributed by atoms with Crippen LogP contribution in [0.3, 0.4) is 0 Å². The minimum absolute atomic E-state index is 0.565. The second-order valence-corrected chi connectivity index (χ2v) is 6.70. The Kier molecular flexibility index (Phi) is 6.62. The van der Waals surface area contributed by atoms with Gasteiger partial charge in [-0.2, -0.15) is 0 Å². The van der Waals surface area contributed by atoms with Crippen molar-refractivity contribution < 1.29 is 4.74 Å². The van der Waals surface area contributed by atoms with E-state index >= 15 is 0 Å². The molecule has 0 radical (unpaired) electrons. The van der Waals surface area contributed by atoms with Crippen LogP contribution in [0, 0.1) is 5.92 Å². The Morgan fingerprint density at radius 3 is 2.42 bits per heavy atom. The van der Waals surface area contributed by atoms with Crippen LogP contribution in [0.15, 0.2) is 0 Å². The zero-order valence-corrected chi connectivity index (χ0v) is 12.9. The van der Waals surface area contributed by atoms with Gasteiger partial charge in [-0.25, -0.2) is 0 Å². The van der Waals surface area contributed by atoms with Crippen molar-refractivity contribution in [3.05, 3.63) is 0 Å². The maximum absolute atomic E-state index is 5.89. The first-order chi connectivity index (χ1) is 9.24. The third-order valence-electron chi connectivity index (χ3n) is 4.40. The van der Waals surface area contributed by atoms with Crippen molar-refractivity contribution in [2.45, 2.75) is 64.5 Å². The minimum Gasteiger partial charge on any atom is -0.377 e. The van der Waals surface area contributed by atoms with E-state index in [0.717, 1.165) is 25.1 Å². The highest BCUT2D eigenvalue weighted by Crippen LogP contribution is 2.20. The van der Waals surface area contributed by atoms with Gasteiger partial charge in [0, 0.05) is 19.1 Å². The Bertz CT molecular complexity index is 231. The van der Waals surface area contributed by atoms with Crippen molar-refractivity contribution in [1.29, 1.82) is 0 Å². The molecule has 0 aromatic carbocycles. The molecule has 1 heterocycles. The van der Waals surface area contributed by atoms with Gasteiger partial charge in [-0.3, -0.25) is 0 Å². The molecule has 0 spiro atoms. The van der Waals surface area contributed by atoms with E-state index in [9.17, 15) is 0 Å². The van der Waals surface area contributed by atoms with Crippen molar-refractivity contribution in [1.82, 2.24) is 10.2 Å². The van der Waals surface area contributed by atoms with Crippen LogP contribution in [-0.4, -0.2) is 49.8 Å². The topological polar surface area (TPSA) is 24.5 Å². The normalized spacial score (nSPS) is 23.5. The van der Waals surface area contributed by atoms with Crippen molar-refractivity contribution in [2.24, 2.45) is 5.92 Å². The van der Waals surface area contributed by atoms with Crippen LogP contribution >= 0.6 is 0 Å². The number of nitrogens with zero attached hydrogens (tertiary/aromatic N) is 1. The summed E-state index contributed by atoms with van der Waals surface area (Å²) in [4.78, 5) is 2.61. The molecular weight excluding hydrogens is 236 g/mol. The van der Waals surface area contributed by atoms with Crippen molar-refractivity contribution >= 4 is 0 Å². The molecule has 1 saturated heterocycles. The highest BCUT2D eigenvalue weighted by molar-refractivity contribution is 4.77. The molecule has 1 aliphatic carbocycles. The first kappa shape index (κ1) is 15.3. The van der Waals surface area contributed by atoms with Gasteiger partial charge in [-0.1, -0.05) is 26.7 Å². The molecule has 1 aliphatic heterocycles. The Morgan fingerprint density at radius 1 is 1.11 bits per heavy atom. The summed E-state index contributed by atoms with van der Waals surface area (Å²) in [5.41, 5.74) is 0. The van der Waals surface area contributed by atoms with Gasteiger partial charge in [0.05, 0.1) is 12.7 Å². The molecule has 2 fully saturated rings. The van der Waals surface area contributed by atoms with Gasteiger partial charge in [0.2, 0.25) is 0 Å². The fourth-order valence-electron chi connectivity index (χ4n) is 3.38. The molecule has 0 aromatic heterocycles. The van der Waals surface area contributed by atoms with Crippen LogP contribution in [-0.2, 0) is 4.74 Å². The molecule has 19 heavy (non-hydrogen) atoms. The summed E-state index contributed by atoms with van der Waals surface area (Å²) in [6.45, 7) is 10.3. The molecule has 0 bridgehead atoms. The Hall–Kier alpha value is -0.120. The van der Waals surface area contributed by atoms with Crippen LogP contribution < -0.4 is 5.32 Å². The maximum atomic E-state index is 5.89. The summed E-state index contributed by atoms with van der Waals surface area (Å²) in [6, 6.07) is 0.718. The van der Waals surface area contributed by atoms with E-state index in [1.54, 1.807) is 0 Å². The van der Waals surface area contributed by atoms with Crippen molar-refractivity contribution in [3.63, 3.8) is 0 Å². The van der Waals surface area contributed by atoms with Gasteiger partial charge >= 0.3 is 0 Å². The van der Waals surface area contributed by atoms with Gasteiger partial charge in [0.1, 0.15) is 0 Å². The highest BCUT2D eigenvalue weighted by Gasteiger charge is 2.19. The average Bonchev–Trinajstić information content (AvgIpc) is 2.89. The molecular formula is C16H32N2O. The van der Waals surface area contributed by atoms with Crippen LogP contribution in [0.5, 0.6) is 0 Å². The summed E-state index contributed by atoms with van der Waals surface area (Å²) >= 11 is 0. The number of nitrogens with one attached hydrogen (secondary N) is 1. The average molecular weight is 268 g/mol. The maximum Gasteiger partial charge on any atom is 0.0594 e. The summed E-state index contributed by atoms with van der Waals surface area (Å²) in [7, 11) is 0. The fourth-order valence-corrected chi connectivity index (χ4v) is 3.38. The fraction of sp³-hybridized carbons (Fsp3) is 1.00. The van der Waals surface area contributed by atoms with Gasteiger partial charge in [-0.15, -0.1) is 0 Å². The highest BCUT2D eigenvalue weighted by atomic mass is 16.5. The predicted molar refractivity (Wildman–Crippen MR) is 80.5 cm³/mol. The zero-order valence-electron chi connectivity index (χ0n) is 12.9. The smallest absolute Gasteiger partial charge is 0.0594 e. The van der Waals surface area contributed by atoms with Crippen LogP contribution in [0.4, 0.5) is 0 Å². The Morgan fingerprint density at radius 2 is 1.79 bits per heavy atom. The Balaban J connectivity index is 1.48.